The third-order valence-electron chi connectivity index (χ3n) is 4.23. The third-order valence-corrected chi connectivity index (χ3v) is 4.23. The predicted molar refractivity (Wildman–Crippen MR) is 107 cm³/mol. The van der Waals surface area contributed by atoms with Crippen molar-refractivity contribution in [3.8, 4) is 5.75 Å². The number of amides is 1. The molecule has 1 unspecified atom stereocenters. The van der Waals surface area contributed by atoms with Crippen LogP contribution in [0.25, 0.3) is 0 Å². The molecule has 0 aliphatic rings. The summed E-state index contributed by atoms with van der Waals surface area (Å²) in [5.41, 5.74) is 3.00. The number of hydrogen-bond donors (Lipinski definition) is 1. The molecule has 2 aromatic carbocycles. The monoisotopic (exact) mass is 360 g/mol. The molecule has 1 heterocycles. The van der Waals surface area contributed by atoms with Crippen molar-refractivity contribution < 1.29 is 9.53 Å². The molecular weight excluding hydrogens is 336 g/mol. The summed E-state index contributed by atoms with van der Waals surface area (Å²) in [7, 11) is 0. The van der Waals surface area contributed by atoms with Gasteiger partial charge in [-0.05, 0) is 48.7 Å². The topological polar surface area (TPSA) is 51.2 Å². The minimum Gasteiger partial charge on any atom is -0.494 e. The summed E-state index contributed by atoms with van der Waals surface area (Å²) in [5, 5.41) is 3.10. The molecule has 0 saturated heterocycles. The Morgan fingerprint density at radius 2 is 1.85 bits per heavy atom. The van der Waals surface area contributed by atoms with Gasteiger partial charge in [-0.25, -0.2) is 0 Å². The first-order chi connectivity index (χ1) is 13.2. The molecule has 3 rings (SSSR count). The lowest BCUT2D eigenvalue weighted by Crippen LogP contribution is -2.30. The zero-order valence-electron chi connectivity index (χ0n) is 15.5. The van der Waals surface area contributed by atoms with Crippen LogP contribution in [0.2, 0.25) is 0 Å². The molecule has 1 N–H and O–H groups in total. The Hall–Kier alpha value is -3.14. The summed E-state index contributed by atoms with van der Waals surface area (Å²) in [5.74, 6) is 0.827. The van der Waals surface area contributed by atoms with Crippen LogP contribution in [0.4, 0.5) is 0 Å². The second kappa shape index (κ2) is 9.53. The highest BCUT2D eigenvalue weighted by Gasteiger charge is 2.17. The number of aryl methyl sites for hydroxylation is 1. The maximum atomic E-state index is 12.5. The lowest BCUT2D eigenvalue weighted by atomic mass is 10.0. The number of ether oxygens (including phenoxy) is 1. The zero-order valence-corrected chi connectivity index (χ0v) is 15.5. The van der Waals surface area contributed by atoms with E-state index in [4.69, 9.17) is 4.74 Å². The van der Waals surface area contributed by atoms with Crippen molar-refractivity contribution in [2.45, 2.75) is 25.8 Å². The first-order valence-corrected chi connectivity index (χ1v) is 9.17. The number of carbonyl (C=O) groups excluding carboxylic acids is 1. The number of rotatable bonds is 8. The Labute approximate surface area is 160 Å². The molecule has 1 atom stereocenters. The van der Waals surface area contributed by atoms with Gasteiger partial charge in [-0.3, -0.25) is 9.78 Å². The summed E-state index contributed by atoms with van der Waals surface area (Å²) in [6.07, 6.45) is 2.80. The Kier molecular flexibility index (Phi) is 6.58. The van der Waals surface area contributed by atoms with Gasteiger partial charge in [0.1, 0.15) is 5.75 Å². The summed E-state index contributed by atoms with van der Waals surface area (Å²) < 4.78 is 5.72. The molecular formula is C23H24N2O2. The van der Waals surface area contributed by atoms with Crippen LogP contribution in [0.1, 0.15) is 35.7 Å². The fourth-order valence-corrected chi connectivity index (χ4v) is 2.88. The van der Waals surface area contributed by atoms with Gasteiger partial charge in [0.2, 0.25) is 5.91 Å². The van der Waals surface area contributed by atoms with Gasteiger partial charge in [-0.2, -0.15) is 0 Å². The second-order valence-electron chi connectivity index (χ2n) is 6.43. The predicted octanol–water partition coefficient (Wildman–Crippen LogP) is 4.45. The van der Waals surface area contributed by atoms with E-state index in [9.17, 15) is 4.79 Å². The lowest BCUT2D eigenvalue weighted by Gasteiger charge is -2.19. The summed E-state index contributed by atoms with van der Waals surface area (Å²) >= 11 is 0. The Balaban J connectivity index is 1.55. The number of pyridine rings is 1. The Morgan fingerprint density at radius 1 is 1.04 bits per heavy atom. The fraction of sp³-hybridized carbons (Fsp3) is 0.217. The van der Waals surface area contributed by atoms with Crippen LogP contribution in [0.3, 0.4) is 0 Å². The smallest absolute Gasteiger partial charge is 0.220 e. The second-order valence-corrected chi connectivity index (χ2v) is 6.43. The van der Waals surface area contributed by atoms with Gasteiger partial charge in [-0.15, -0.1) is 0 Å². The molecule has 138 valence electrons. The van der Waals surface area contributed by atoms with Crippen molar-refractivity contribution in [3.63, 3.8) is 0 Å². The number of aromatic nitrogens is 1. The fourth-order valence-electron chi connectivity index (χ4n) is 2.88. The van der Waals surface area contributed by atoms with Crippen LogP contribution in [0, 0.1) is 6.92 Å². The average Bonchev–Trinajstić information content (AvgIpc) is 2.71. The molecule has 0 bridgehead atoms. The minimum atomic E-state index is -0.252. The lowest BCUT2D eigenvalue weighted by molar-refractivity contribution is -0.121. The highest BCUT2D eigenvalue weighted by Crippen LogP contribution is 2.20. The van der Waals surface area contributed by atoms with Crippen LogP contribution in [0.15, 0.2) is 79.0 Å². The molecule has 1 amide bonds. The van der Waals surface area contributed by atoms with Crippen LogP contribution in [-0.2, 0) is 4.79 Å². The Morgan fingerprint density at radius 3 is 2.59 bits per heavy atom. The molecule has 1 aromatic heterocycles. The Bertz CT molecular complexity index is 811. The molecule has 0 fully saturated rings. The van der Waals surface area contributed by atoms with Crippen LogP contribution in [-0.4, -0.2) is 17.5 Å². The van der Waals surface area contributed by atoms with Gasteiger partial charge in [0.15, 0.2) is 0 Å². The van der Waals surface area contributed by atoms with Crippen molar-refractivity contribution in [3.05, 3.63) is 95.8 Å². The molecule has 3 aromatic rings. The van der Waals surface area contributed by atoms with Gasteiger partial charge in [0, 0.05) is 12.6 Å². The zero-order chi connectivity index (χ0) is 18.9. The standard InChI is InChI=1S/C23H24N2O2/c1-18-9-7-12-20(17-18)27-16-8-14-22(26)25-23(19-10-3-2-4-11-19)21-13-5-6-15-24-21/h2-7,9-13,15,17,23H,8,14,16H2,1H3,(H,25,26). The molecule has 0 spiro atoms. The summed E-state index contributed by atoms with van der Waals surface area (Å²) in [6, 6.07) is 23.3. The first kappa shape index (κ1) is 18.6. The van der Waals surface area contributed by atoms with Crippen LogP contribution >= 0.6 is 0 Å². The van der Waals surface area contributed by atoms with E-state index in [1.54, 1.807) is 6.20 Å². The van der Waals surface area contributed by atoms with Gasteiger partial charge in [-0.1, -0.05) is 48.5 Å². The van der Waals surface area contributed by atoms with E-state index in [0.29, 0.717) is 19.4 Å². The molecule has 0 aliphatic heterocycles. The van der Waals surface area contributed by atoms with Crippen molar-refractivity contribution in [2.24, 2.45) is 0 Å². The number of nitrogens with zero attached hydrogens (tertiary/aromatic N) is 1. The normalized spacial score (nSPS) is 11.6. The first-order valence-electron chi connectivity index (χ1n) is 9.17. The van der Waals surface area contributed by atoms with E-state index in [-0.39, 0.29) is 11.9 Å². The number of benzene rings is 2. The van der Waals surface area contributed by atoms with Gasteiger partial charge >= 0.3 is 0 Å². The number of nitrogens with one attached hydrogen (secondary N) is 1. The average molecular weight is 360 g/mol. The molecule has 27 heavy (non-hydrogen) atoms. The maximum Gasteiger partial charge on any atom is 0.220 e. The maximum absolute atomic E-state index is 12.5. The highest BCUT2D eigenvalue weighted by atomic mass is 16.5. The van der Waals surface area contributed by atoms with Crippen LogP contribution < -0.4 is 10.1 Å². The van der Waals surface area contributed by atoms with Gasteiger partial charge in [0.25, 0.3) is 0 Å². The van der Waals surface area contributed by atoms with E-state index in [1.165, 1.54) is 0 Å². The van der Waals surface area contributed by atoms with E-state index >= 15 is 0 Å². The molecule has 0 aliphatic carbocycles. The minimum absolute atomic E-state index is 0.0117. The van der Waals surface area contributed by atoms with Gasteiger partial charge < -0.3 is 10.1 Å². The van der Waals surface area contributed by atoms with Gasteiger partial charge in [0.05, 0.1) is 18.3 Å². The van der Waals surface area contributed by atoms with E-state index < -0.39 is 0 Å². The van der Waals surface area contributed by atoms with E-state index in [0.717, 1.165) is 22.6 Å². The molecule has 0 radical (unpaired) electrons. The van der Waals surface area contributed by atoms with Crippen molar-refractivity contribution >= 4 is 5.91 Å². The summed E-state index contributed by atoms with van der Waals surface area (Å²) in [6.45, 7) is 2.54. The van der Waals surface area contributed by atoms with Crippen molar-refractivity contribution in [1.29, 1.82) is 0 Å². The van der Waals surface area contributed by atoms with Crippen molar-refractivity contribution in [1.82, 2.24) is 10.3 Å². The molecule has 4 heteroatoms. The molecule has 4 nitrogen and oxygen atoms in total. The quantitative estimate of drug-likeness (QED) is 0.604. The molecule has 0 saturated carbocycles. The van der Waals surface area contributed by atoms with E-state index in [2.05, 4.69) is 10.3 Å². The highest BCUT2D eigenvalue weighted by molar-refractivity contribution is 5.76. The van der Waals surface area contributed by atoms with Crippen LogP contribution in [0.5, 0.6) is 5.75 Å². The largest absolute Gasteiger partial charge is 0.494 e. The summed E-state index contributed by atoms with van der Waals surface area (Å²) in [4.78, 5) is 16.9. The van der Waals surface area contributed by atoms with Crippen molar-refractivity contribution in [2.75, 3.05) is 6.61 Å². The number of hydrogen-bond acceptors (Lipinski definition) is 3. The number of carbonyl (C=O) groups is 1. The van der Waals surface area contributed by atoms with E-state index in [1.807, 2.05) is 79.7 Å². The third kappa shape index (κ3) is 5.68. The SMILES string of the molecule is Cc1cccc(OCCCC(=O)NC(c2ccccc2)c2ccccn2)c1.